The van der Waals surface area contributed by atoms with E-state index in [-0.39, 0.29) is 6.61 Å². The van der Waals surface area contributed by atoms with Crippen LogP contribution in [0.15, 0.2) is 30.5 Å². The zero-order valence-corrected chi connectivity index (χ0v) is 10.7. The summed E-state index contributed by atoms with van der Waals surface area (Å²) in [5.74, 6) is 0. The smallest absolute Gasteiger partial charge is 0.416 e. The molecule has 0 saturated heterocycles. The highest BCUT2D eigenvalue weighted by Gasteiger charge is 2.30. The molecule has 1 rings (SSSR count). The van der Waals surface area contributed by atoms with Gasteiger partial charge in [-0.05, 0) is 47.7 Å². The number of halogens is 4. The fourth-order valence-electron chi connectivity index (χ4n) is 1.10. The highest BCUT2D eigenvalue weighted by molar-refractivity contribution is 14.1. The molecule has 0 unspecified atom stereocenters. The highest BCUT2D eigenvalue weighted by Crippen LogP contribution is 2.31. The van der Waals surface area contributed by atoms with E-state index in [2.05, 4.69) is 0 Å². The van der Waals surface area contributed by atoms with Gasteiger partial charge in [0, 0.05) is 9.13 Å². The van der Waals surface area contributed by atoms with E-state index in [4.69, 9.17) is 4.74 Å². The molecule has 0 radical (unpaired) electrons. The molecule has 16 heavy (non-hydrogen) atoms. The van der Waals surface area contributed by atoms with Crippen molar-refractivity contribution in [3.63, 3.8) is 0 Å². The van der Waals surface area contributed by atoms with Gasteiger partial charge in [-0.2, -0.15) is 13.2 Å². The molecule has 88 valence electrons. The van der Waals surface area contributed by atoms with Crippen LogP contribution >= 0.6 is 22.6 Å². The van der Waals surface area contributed by atoms with E-state index in [1.165, 1.54) is 12.3 Å². The maximum atomic E-state index is 12.4. The van der Waals surface area contributed by atoms with Crippen molar-refractivity contribution in [2.75, 3.05) is 0 Å². The van der Waals surface area contributed by atoms with Crippen LogP contribution in [0.25, 0.3) is 0 Å². The first-order chi connectivity index (χ1) is 7.45. The van der Waals surface area contributed by atoms with Crippen LogP contribution < -0.4 is 0 Å². The van der Waals surface area contributed by atoms with E-state index >= 15 is 0 Å². The fourth-order valence-corrected chi connectivity index (χ4v) is 1.59. The maximum absolute atomic E-state index is 12.4. The van der Waals surface area contributed by atoms with Crippen molar-refractivity contribution in [1.29, 1.82) is 0 Å². The van der Waals surface area contributed by atoms with Crippen molar-refractivity contribution < 1.29 is 17.9 Å². The van der Waals surface area contributed by atoms with Crippen LogP contribution in [0, 0.1) is 3.57 Å². The van der Waals surface area contributed by atoms with Gasteiger partial charge in [0.15, 0.2) is 0 Å². The third-order valence-electron chi connectivity index (χ3n) is 1.84. The van der Waals surface area contributed by atoms with Gasteiger partial charge in [-0.25, -0.2) is 0 Å². The fraction of sp³-hybridized carbons (Fsp3) is 0.273. The molecule has 0 saturated carbocycles. The van der Waals surface area contributed by atoms with Crippen LogP contribution in [0.3, 0.4) is 0 Å². The lowest BCUT2D eigenvalue weighted by Gasteiger charge is -2.10. The predicted octanol–water partition coefficient (Wildman–Crippen LogP) is 4.36. The Balaban J connectivity index is 2.91. The Morgan fingerprint density at radius 2 is 2.06 bits per heavy atom. The monoisotopic (exact) mass is 342 g/mol. The molecule has 0 aliphatic carbocycles. The molecule has 0 fully saturated rings. The summed E-state index contributed by atoms with van der Waals surface area (Å²) >= 11 is 1.99. The van der Waals surface area contributed by atoms with Crippen molar-refractivity contribution in [2.45, 2.75) is 19.7 Å². The zero-order valence-electron chi connectivity index (χ0n) is 8.51. The van der Waals surface area contributed by atoms with Gasteiger partial charge in [-0.3, -0.25) is 0 Å². The molecular formula is C11H10F3IO. The number of hydrogen-bond donors (Lipinski definition) is 0. The predicted molar refractivity (Wildman–Crippen MR) is 63.8 cm³/mol. The average molecular weight is 342 g/mol. The van der Waals surface area contributed by atoms with Crippen LogP contribution in [0.4, 0.5) is 13.2 Å². The minimum absolute atomic E-state index is 0.145. The van der Waals surface area contributed by atoms with Gasteiger partial charge in [-0.1, -0.05) is 6.08 Å². The number of hydrogen-bond acceptors (Lipinski definition) is 1. The topological polar surface area (TPSA) is 9.23 Å². The van der Waals surface area contributed by atoms with E-state index in [9.17, 15) is 13.2 Å². The molecule has 0 N–H and O–H groups in total. The van der Waals surface area contributed by atoms with Crippen LogP contribution in [0.5, 0.6) is 0 Å². The second kappa shape index (κ2) is 5.56. The lowest BCUT2D eigenvalue weighted by Crippen LogP contribution is -2.06. The third kappa shape index (κ3) is 3.70. The number of rotatable bonds is 3. The Kier molecular flexibility index (Phi) is 4.64. The summed E-state index contributed by atoms with van der Waals surface area (Å²) in [7, 11) is 0. The number of allylic oxidation sites excluding steroid dienone is 1. The highest BCUT2D eigenvalue weighted by atomic mass is 127. The van der Waals surface area contributed by atoms with E-state index in [0.29, 0.717) is 5.56 Å². The minimum Gasteiger partial charge on any atom is -0.497 e. The van der Waals surface area contributed by atoms with Gasteiger partial charge >= 0.3 is 6.18 Å². The second-order valence-electron chi connectivity index (χ2n) is 3.08. The summed E-state index contributed by atoms with van der Waals surface area (Å²) in [6.07, 6.45) is -1.17. The van der Waals surface area contributed by atoms with E-state index in [1.54, 1.807) is 13.0 Å². The molecule has 0 atom stereocenters. The van der Waals surface area contributed by atoms with E-state index in [0.717, 1.165) is 15.7 Å². The van der Waals surface area contributed by atoms with Crippen LogP contribution in [-0.4, -0.2) is 0 Å². The second-order valence-corrected chi connectivity index (χ2v) is 4.25. The van der Waals surface area contributed by atoms with Crippen molar-refractivity contribution >= 4 is 22.6 Å². The number of ether oxygens (including phenoxy) is 1. The summed E-state index contributed by atoms with van der Waals surface area (Å²) in [5.41, 5.74) is -0.111. The Bertz CT molecular complexity index is 385. The lowest BCUT2D eigenvalue weighted by molar-refractivity contribution is -0.137. The molecule has 1 nitrogen and oxygen atoms in total. The van der Waals surface area contributed by atoms with Crippen LogP contribution in [0.1, 0.15) is 18.1 Å². The molecular weight excluding hydrogens is 332 g/mol. The van der Waals surface area contributed by atoms with Crippen LogP contribution in [0.2, 0.25) is 0 Å². The first-order valence-electron chi connectivity index (χ1n) is 4.53. The van der Waals surface area contributed by atoms with Gasteiger partial charge in [-0.15, -0.1) is 0 Å². The molecule has 0 amide bonds. The third-order valence-corrected chi connectivity index (χ3v) is 2.90. The molecule has 0 heterocycles. The Labute approximate surface area is 105 Å². The zero-order chi connectivity index (χ0) is 12.2. The number of alkyl halides is 3. The molecule has 0 aliphatic rings. The normalized spacial score (nSPS) is 12.1. The first kappa shape index (κ1) is 13.3. The SMILES string of the molecule is C/C=C/OCc1cc(C(F)(F)F)ccc1I. The lowest BCUT2D eigenvalue weighted by atomic mass is 10.1. The minimum atomic E-state index is -4.31. The Hall–Kier alpha value is -0.720. The summed E-state index contributed by atoms with van der Waals surface area (Å²) in [6.45, 7) is 1.92. The van der Waals surface area contributed by atoms with E-state index in [1.807, 2.05) is 22.6 Å². The standard InChI is InChI=1S/C11H10F3IO/c1-2-5-16-7-8-6-9(11(12,13)14)3-4-10(8)15/h2-6H,7H2,1H3/b5-2+. The van der Waals surface area contributed by atoms with Crippen molar-refractivity contribution in [1.82, 2.24) is 0 Å². The molecule has 0 bridgehead atoms. The summed E-state index contributed by atoms with van der Waals surface area (Å²) in [6, 6.07) is 3.63. The largest absolute Gasteiger partial charge is 0.497 e. The summed E-state index contributed by atoms with van der Waals surface area (Å²) in [4.78, 5) is 0. The van der Waals surface area contributed by atoms with Crippen molar-refractivity contribution in [3.05, 3.63) is 45.2 Å². The quantitative estimate of drug-likeness (QED) is 0.586. The van der Waals surface area contributed by atoms with Gasteiger partial charge in [0.05, 0.1) is 11.8 Å². The Morgan fingerprint density at radius 3 is 2.62 bits per heavy atom. The Morgan fingerprint density at radius 1 is 1.38 bits per heavy atom. The molecule has 1 aromatic carbocycles. The first-order valence-corrected chi connectivity index (χ1v) is 5.61. The van der Waals surface area contributed by atoms with Crippen molar-refractivity contribution in [2.24, 2.45) is 0 Å². The molecule has 0 aromatic heterocycles. The van der Waals surface area contributed by atoms with Crippen LogP contribution in [-0.2, 0) is 17.5 Å². The van der Waals surface area contributed by atoms with Gasteiger partial charge in [0.2, 0.25) is 0 Å². The molecule has 1 aromatic rings. The molecule has 0 spiro atoms. The molecule has 0 aliphatic heterocycles. The maximum Gasteiger partial charge on any atom is 0.416 e. The summed E-state index contributed by atoms with van der Waals surface area (Å²) < 4.78 is 43.1. The average Bonchev–Trinajstić information content (AvgIpc) is 2.19. The van der Waals surface area contributed by atoms with Gasteiger partial charge in [0.25, 0.3) is 0 Å². The van der Waals surface area contributed by atoms with Gasteiger partial charge < -0.3 is 4.74 Å². The number of benzene rings is 1. The van der Waals surface area contributed by atoms with Crippen molar-refractivity contribution in [3.8, 4) is 0 Å². The van der Waals surface area contributed by atoms with E-state index < -0.39 is 11.7 Å². The summed E-state index contributed by atoms with van der Waals surface area (Å²) in [5, 5.41) is 0. The molecule has 5 heteroatoms. The van der Waals surface area contributed by atoms with Gasteiger partial charge in [0.1, 0.15) is 6.61 Å².